The van der Waals surface area contributed by atoms with Gasteiger partial charge in [-0.25, -0.2) is 0 Å². The third kappa shape index (κ3) is 2.56. The standard InChI is InChI=1S/C15H22N2O/c1-2-15(9-5-10-15)17-14(18)13-7-4-3-6-12(13)8-11-16/h3-4,6-7H,2,5,8-11,16H2,1H3,(H,17,18). The molecule has 18 heavy (non-hydrogen) atoms. The zero-order valence-corrected chi connectivity index (χ0v) is 11.0. The summed E-state index contributed by atoms with van der Waals surface area (Å²) in [4.78, 5) is 12.4. The van der Waals surface area contributed by atoms with Crippen LogP contribution in [0.2, 0.25) is 0 Å². The summed E-state index contributed by atoms with van der Waals surface area (Å²) in [5, 5.41) is 3.21. The van der Waals surface area contributed by atoms with Crippen molar-refractivity contribution in [1.82, 2.24) is 5.32 Å². The number of carbonyl (C=O) groups excluding carboxylic acids is 1. The van der Waals surface area contributed by atoms with Gasteiger partial charge >= 0.3 is 0 Å². The van der Waals surface area contributed by atoms with Gasteiger partial charge in [-0.1, -0.05) is 25.1 Å². The first-order valence-corrected chi connectivity index (χ1v) is 6.81. The Labute approximate surface area is 109 Å². The summed E-state index contributed by atoms with van der Waals surface area (Å²) in [6.07, 6.45) is 5.20. The van der Waals surface area contributed by atoms with Crippen molar-refractivity contribution in [3.05, 3.63) is 35.4 Å². The second-order valence-electron chi connectivity index (χ2n) is 5.14. The lowest BCUT2D eigenvalue weighted by Gasteiger charge is -2.42. The van der Waals surface area contributed by atoms with Crippen molar-refractivity contribution >= 4 is 5.91 Å². The molecule has 3 heteroatoms. The van der Waals surface area contributed by atoms with Gasteiger partial charge in [0, 0.05) is 11.1 Å². The molecule has 0 aliphatic heterocycles. The van der Waals surface area contributed by atoms with Crippen LogP contribution in [0.15, 0.2) is 24.3 Å². The number of hydrogen-bond donors (Lipinski definition) is 2. The number of rotatable bonds is 5. The third-order valence-electron chi connectivity index (χ3n) is 4.04. The van der Waals surface area contributed by atoms with Crippen LogP contribution < -0.4 is 11.1 Å². The molecule has 3 N–H and O–H groups in total. The molecular formula is C15H22N2O. The van der Waals surface area contributed by atoms with Gasteiger partial charge < -0.3 is 11.1 Å². The minimum Gasteiger partial charge on any atom is -0.347 e. The highest BCUT2D eigenvalue weighted by Gasteiger charge is 2.36. The lowest BCUT2D eigenvalue weighted by molar-refractivity contribution is 0.0819. The fraction of sp³-hybridized carbons (Fsp3) is 0.533. The van der Waals surface area contributed by atoms with Crippen molar-refractivity contribution in [2.75, 3.05) is 6.54 Å². The number of nitrogens with one attached hydrogen (secondary N) is 1. The van der Waals surface area contributed by atoms with Gasteiger partial charge in [0.05, 0.1) is 0 Å². The maximum Gasteiger partial charge on any atom is 0.251 e. The molecule has 0 atom stereocenters. The lowest BCUT2D eigenvalue weighted by Crippen LogP contribution is -2.53. The van der Waals surface area contributed by atoms with Crippen molar-refractivity contribution in [3.63, 3.8) is 0 Å². The maximum atomic E-state index is 12.4. The largest absolute Gasteiger partial charge is 0.347 e. The number of benzene rings is 1. The SMILES string of the molecule is CCC1(NC(=O)c2ccccc2CCN)CCC1. The summed E-state index contributed by atoms with van der Waals surface area (Å²) in [5.74, 6) is 0.0561. The highest BCUT2D eigenvalue weighted by Crippen LogP contribution is 2.34. The Morgan fingerprint density at radius 3 is 2.67 bits per heavy atom. The summed E-state index contributed by atoms with van der Waals surface area (Å²) in [6.45, 7) is 2.72. The first-order chi connectivity index (χ1) is 8.71. The fourth-order valence-electron chi connectivity index (χ4n) is 2.59. The molecule has 3 nitrogen and oxygen atoms in total. The molecule has 0 aromatic heterocycles. The quantitative estimate of drug-likeness (QED) is 0.837. The number of hydrogen-bond acceptors (Lipinski definition) is 2. The van der Waals surface area contributed by atoms with Crippen LogP contribution in [0.4, 0.5) is 0 Å². The molecule has 0 radical (unpaired) electrons. The first kappa shape index (κ1) is 13.1. The normalized spacial score (nSPS) is 17.0. The van der Waals surface area contributed by atoms with Crippen LogP contribution in [0.3, 0.4) is 0 Å². The van der Waals surface area contributed by atoms with Crippen LogP contribution >= 0.6 is 0 Å². The zero-order chi connectivity index (χ0) is 13.0. The Bertz CT molecular complexity index is 419. The van der Waals surface area contributed by atoms with Gasteiger partial charge in [0.15, 0.2) is 0 Å². The molecule has 0 spiro atoms. The van der Waals surface area contributed by atoms with E-state index in [1.165, 1.54) is 6.42 Å². The van der Waals surface area contributed by atoms with E-state index in [0.29, 0.717) is 6.54 Å². The van der Waals surface area contributed by atoms with Gasteiger partial charge in [-0.3, -0.25) is 4.79 Å². The van der Waals surface area contributed by atoms with Crippen molar-refractivity contribution in [2.24, 2.45) is 5.73 Å². The van der Waals surface area contributed by atoms with E-state index in [0.717, 1.165) is 36.8 Å². The second-order valence-corrected chi connectivity index (χ2v) is 5.14. The van der Waals surface area contributed by atoms with E-state index < -0.39 is 0 Å². The number of nitrogens with two attached hydrogens (primary N) is 1. The van der Waals surface area contributed by atoms with Gasteiger partial charge in [0.1, 0.15) is 0 Å². The van der Waals surface area contributed by atoms with Gasteiger partial charge in [-0.2, -0.15) is 0 Å². The molecule has 1 aliphatic carbocycles. The van der Waals surface area contributed by atoms with Crippen molar-refractivity contribution < 1.29 is 4.79 Å². The van der Waals surface area contributed by atoms with Crippen molar-refractivity contribution in [1.29, 1.82) is 0 Å². The summed E-state index contributed by atoms with van der Waals surface area (Å²) in [7, 11) is 0. The molecular weight excluding hydrogens is 224 g/mol. The second kappa shape index (κ2) is 5.53. The predicted molar refractivity (Wildman–Crippen MR) is 73.5 cm³/mol. The smallest absolute Gasteiger partial charge is 0.251 e. The first-order valence-electron chi connectivity index (χ1n) is 6.81. The molecule has 0 saturated heterocycles. The molecule has 0 heterocycles. The monoisotopic (exact) mass is 246 g/mol. The van der Waals surface area contributed by atoms with Crippen LogP contribution in [0, 0.1) is 0 Å². The lowest BCUT2D eigenvalue weighted by atomic mass is 9.74. The molecule has 1 fully saturated rings. The van der Waals surface area contributed by atoms with Gasteiger partial charge in [-0.15, -0.1) is 0 Å². The molecule has 98 valence electrons. The summed E-state index contributed by atoms with van der Waals surface area (Å²) in [6, 6.07) is 7.75. The van der Waals surface area contributed by atoms with Crippen LogP contribution in [-0.4, -0.2) is 18.0 Å². The average Bonchev–Trinajstić information content (AvgIpc) is 2.35. The fourth-order valence-corrected chi connectivity index (χ4v) is 2.59. The van der Waals surface area contributed by atoms with E-state index in [1.807, 2.05) is 24.3 Å². The molecule has 0 bridgehead atoms. The molecule has 2 rings (SSSR count). The van der Waals surface area contributed by atoms with Gasteiger partial charge in [-0.05, 0) is 50.3 Å². The van der Waals surface area contributed by atoms with Crippen LogP contribution in [0.1, 0.15) is 48.5 Å². The maximum absolute atomic E-state index is 12.4. The average molecular weight is 246 g/mol. The van der Waals surface area contributed by atoms with Crippen LogP contribution in [0.25, 0.3) is 0 Å². The summed E-state index contributed by atoms with van der Waals surface area (Å²) in [5.41, 5.74) is 7.46. The van der Waals surface area contributed by atoms with E-state index in [2.05, 4.69) is 12.2 Å². The summed E-state index contributed by atoms with van der Waals surface area (Å²) >= 11 is 0. The van der Waals surface area contributed by atoms with E-state index in [1.54, 1.807) is 0 Å². The number of carbonyl (C=O) groups is 1. The minimum atomic E-state index is 0.0485. The Morgan fingerprint density at radius 2 is 2.11 bits per heavy atom. The Morgan fingerprint density at radius 1 is 1.39 bits per heavy atom. The van der Waals surface area contributed by atoms with Crippen LogP contribution in [-0.2, 0) is 6.42 Å². The van der Waals surface area contributed by atoms with E-state index in [4.69, 9.17) is 5.73 Å². The third-order valence-corrected chi connectivity index (χ3v) is 4.04. The Balaban J connectivity index is 2.13. The highest BCUT2D eigenvalue weighted by molar-refractivity contribution is 5.96. The molecule has 1 saturated carbocycles. The highest BCUT2D eigenvalue weighted by atomic mass is 16.1. The van der Waals surface area contributed by atoms with E-state index >= 15 is 0 Å². The predicted octanol–water partition coefficient (Wildman–Crippen LogP) is 2.25. The summed E-state index contributed by atoms with van der Waals surface area (Å²) < 4.78 is 0. The molecule has 1 amide bonds. The Kier molecular flexibility index (Phi) is 4.02. The van der Waals surface area contributed by atoms with E-state index in [9.17, 15) is 4.79 Å². The topological polar surface area (TPSA) is 55.1 Å². The van der Waals surface area contributed by atoms with E-state index in [-0.39, 0.29) is 11.4 Å². The number of amides is 1. The van der Waals surface area contributed by atoms with Crippen molar-refractivity contribution in [3.8, 4) is 0 Å². The minimum absolute atomic E-state index is 0.0485. The Hall–Kier alpha value is -1.35. The van der Waals surface area contributed by atoms with Crippen LogP contribution in [0.5, 0.6) is 0 Å². The van der Waals surface area contributed by atoms with Gasteiger partial charge in [0.25, 0.3) is 5.91 Å². The molecule has 0 unspecified atom stereocenters. The molecule has 1 aliphatic rings. The molecule has 1 aromatic carbocycles. The zero-order valence-electron chi connectivity index (χ0n) is 11.0. The van der Waals surface area contributed by atoms with Crippen molar-refractivity contribution in [2.45, 2.75) is 44.6 Å². The molecule has 1 aromatic rings. The van der Waals surface area contributed by atoms with Gasteiger partial charge in [0.2, 0.25) is 0 Å².